The fourth-order valence-corrected chi connectivity index (χ4v) is 2.64. The maximum Gasteiger partial charge on any atom is 0.217 e. The quantitative estimate of drug-likeness (QED) is 0.674. The number of nitrogens with zero attached hydrogens (tertiary/aromatic N) is 1. The van der Waals surface area contributed by atoms with Crippen LogP contribution in [0.1, 0.15) is 24.6 Å². The van der Waals surface area contributed by atoms with Crippen LogP contribution in [0.15, 0.2) is 6.20 Å². The molecule has 2 rings (SSSR count). The minimum Gasteiger partial charge on any atom is -0.384 e. The minimum absolute atomic E-state index is 0.0640. The molecule has 0 atom stereocenters. The van der Waals surface area contributed by atoms with Gasteiger partial charge in [0.2, 0.25) is 5.91 Å². The third-order valence-electron chi connectivity index (χ3n) is 2.56. The van der Waals surface area contributed by atoms with Crippen LogP contribution < -0.4 is 11.1 Å². The van der Waals surface area contributed by atoms with Crippen molar-refractivity contribution in [1.29, 1.82) is 0 Å². The van der Waals surface area contributed by atoms with Crippen LogP contribution in [-0.4, -0.2) is 22.0 Å². The van der Waals surface area contributed by atoms with Gasteiger partial charge in [-0.05, 0) is 0 Å². The molecule has 1 aliphatic rings. The molecule has 1 amide bonds. The highest BCUT2D eigenvalue weighted by atomic mass is 32.1. The second kappa shape index (κ2) is 3.46. The van der Waals surface area contributed by atoms with Crippen molar-refractivity contribution >= 4 is 22.4 Å². The molecule has 1 fully saturated rings. The fourth-order valence-electron chi connectivity index (χ4n) is 1.85. The van der Waals surface area contributed by atoms with Crippen molar-refractivity contribution in [2.75, 3.05) is 5.73 Å². The molecular weight excluding hydrogens is 214 g/mol. The molecule has 15 heavy (non-hydrogen) atoms. The summed E-state index contributed by atoms with van der Waals surface area (Å²) in [5.74, 6) is -0.0640. The van der Waals surface area contributed by atoms with Crippen LogP contribution in [0.4, 0.5) is 5.13 Å². The number of anilines is 1. The van der Waals surface area contributed by atoms with Gasteiger partial charge in [0.1, 0.15) is 5.60 Å². The zero-order valence-corrected chi connectivity index (χ0v) is 9.17. The second-order valence-corrected chi connectivity index (χ2v) is 4.96. The lowest BCUT2D eigenvalue weighted by atomic mass is 9.75. The van der Waals surface area contributed by atoms with Gasteiger partial charge >= 0.3 is 0 Å². The summed E-state index contributed by atoms with van der Waals surface area (Å²) in [6.45, 7) is 1.47. The van der Waals surface area contributed by atoms with Crippen LogP contribution in [0.3, 0.4) is 0 Å². The molecule has 1 heterocycles. The molecule has 0 aliphatic heterocycles. The number of rotatable bonds is 2. The average molecular weight is 227 g/mol. The number of thiazole rings is 1. The lowest BCUT2D eigenvalue weighted by Crippen LogP contribution is -2.52. The van der Waals surface area contributed by atoms with Gasteiger partial charge in [0, 0.05) is 32.0 Å². The van der Waals surface area contributed by atoms with Crippen molar-refractivity contribution in [3.63, 3.8) is 0 Å². The Hall–Kier alpha value is -1.14. The van der Waals surface area contributed by atoms with E-state index in [2.05, 4.69) is 10.3 Å². The molecule has 1 aliphatic carbocycles. The van der Waals surface area contributed by atoms with Gasteiger partial charge in [0.15, 0.2) is 5.13 Å². The molecule has 0 saturated heterocycles. The summed E-state index contributed by atoms with van der Waals surface area (Å²) in [7, 11) is 0. The number of nitrogens with one attached hydrogen (secondary N) is 1. The SMILES string of the molecule is CC(=O)NC1CC(O)(c2cnc(N)s2)C1. The molecule has 6 heteroatoms. The summed E-state index contributed by atoms with van der Waals surface area (Å²) >= 11 is 1.30. The Bertz CT molecular complexity index is 384. The molecule has 0 unspecified atom stereocenters. The molecule has 0 aromatic carbocycles. The van der Waals surface area contributed by atoms with Gasteiger partial charge in [-0.2, -0.15) is 0 Å². The summed E-state index contributed by atoms with van der Waals surface area (Å²) < 4.78 is 0. The maximum atomic E-state index is 10.8. The number of amides is 1. The summed E-state index contributed by atoms with van der Waals surface area (Å²) in [6, 6.07) is 0.0656. The summed E-state index contributed by atoms with van der Waals surface area (Å²) in [4.78, 5) is 15.5. The Kier molecular flexibility index (Phi) is 2.40. The van der Waals surface area contributed by atoms with Gasteiger partial charge in [0.05, 0.1) is 4.88 Å². The number of aromatic nitrogens is 1. The fraction of sp³-hybridized carbons (Fsp3) is 0.556. The molecule has 0 radical (unpaired) electrons. The molecule has 0 bridgehead atoms. The van der Waals surface area contributed by atoms with Crippen molar-refractivity contribution in [2.45, 2.75) is 31.4 Å². The molecule has 5 nitrogen and oxygen atoms in total. The lowest BCUT2D eigenvalue weighted by molar-refractivity contribution is -0.123. The van der Waals surface area contributed by atoms with Crippen LogP contribution in [0, 0.1) is 0 Å². The highest BCUT2D eigenvalue weighted by molar-refractivity contribution is 7.15. The van der Waals surface area contributed by atoms with E-state index < -0.39 is 5.60 Å². The van der Waals surface area contributed by atoms with E-state index >= 15 is 0 Å². The van der Waals surface area contributed by atoms with Crippen molar-refractivity contribution < 1.29 is 9.90 Å². The molecule has 0 spiro atoms. The van der Waals surface area contributed by atoms with Crippen LogP contribution in [0.2, 0.25) is 0 Å². The van der Waals surface area contributed by atoms with E-state index in [0.717, 1.165) is 4.88 Å². The first-order chi connectivity index (χ1) is 6.99. The predicted octanol–water partition coefficient (Wildman–Crippen LogP) is 0.211. The molecule has 1 aromatic rings. The van der Waals surface area contributed by atoms with Gasteiger partial charge in [-0.25, -0.2) is 4.98 Å². The van der Waals surface area contributed by atoms with Crippen molar-refractivity contribution in [3.05, 3.63) is 11.1 Å². The van der Waals surface area contributed by atoms with Crippen molar-refractivity contribution in [2.24, 2.45) is 0 Å². The summed E-state index contributed by atoms with van der Waals surface area (Å²) in [5, 5.41) is 13.4. The Balaban J connectivity index is 1.99. The van der Waals surface area contributed by atoms with E-state index in [-0.39, 0.29) is 11.9 Å². The van der Waals surface area contributed by atoms with Gasteiger partial charge in [-0.3, -0.25) is 4.79 Å². The number of hydrogen-bond acceptors (Lipinski definition) is 5. The number of nitrogen functional groups attached to an aromatic ring is 1. The van der Waals surface area contributed by atoms with E-state index in [1.807, 2.05) is 0 Å². The standard InChI is InChI=1S/C9H13N3O2S/c1-5(13)12-6-2-9(14,3-6)7-4-11-8(10)15-7/h4,6,14H,2-3H2,1H3,(H2,10,11)(H,12,13). The third kappa shape index (κ3) is 1.95. The van der Waals surface area contributed by atoms with Gasteiger partial charge in [-0.15, -0.1) is 0 Å². The highest BCUT2D eigenvalue weighted by Gasteiger charge is 2.45. The number of carbonyl (C=O) groups excluding carboxylic acids is 1. The smallest absolute Gasteiger partial charge is 0.217 e. The number of aliphatic hydroxyl groups is 1. The lowest BCUT2D eigenvalue weighted by Gasteiger charge is -2.42. The molecule has 1 saturated carbocycles. The normalized spacial score (nSPS) is 29.6. The van der Waals surface area contributed by atoms with E-state index in [1.54, 1.807) is 6.20 Å². The summed E-state index contributed by atoms with van der Waals surface area (Å²) in [6.07, 6.45) is 2.67. The number of carbonyl (C=O) groups is 1. The van der Waals surface area contributed by atoms with E-state index in [1.165, 1.54) is 18.3 Å². The van der Waals surface area contributed by atoms with Crippen LogP contribution >= 0.6 is 11.3 Å². The topological polar surface area (TPSA) is 88.2 Å². The van der Waals surface area contributed by atoms with Crippen molar-refractivity contribution in [1.82, 2.24) is 10.3 Å². The zero-order valence-electron chi connectivity index (χ0n) is 8.36. The zero-order chi connectivity index (χ0) is 11.1. The molecule has 1 aromatic heterocycles. The third-order valence-corrected chi connectivity index (χ3v) is 3.58. The van der Waals surface area contributed by atoms with Gasteiger partial charge in [0.25, 0.3) is 0 Å². The van der Waals surface area contributed by atoms with E-state index in [0.29, 0.717) is 18.0 Å². The second-order valence-electron chi connectivity index (χ2n) is 3.90. The first-order valence-corrected chi connectivity index (χ1v) is 5.52. The Labute approximate surface area is 91.3 Å². The molecular formula is C9H13N3O2S. The van der Waals surface area contributed by atoms with Crippen molar-refractivity contribution in [3.8, 4) is 0 Å². The van der Waals surface area contributed by atoms with E-state index in [4.69, 9.17) is 5.73 Å². The maximum absolute atomic E-state index is 10.8. The average Bonchev–Trinajstić information content (AvgIpc) is 2.48. The monoisotopic (exact) mass is 227 g/mol. The first kappa shape index (κ1) is 10.4. The largest absolute Gasteiger partial charge is 0.384 e. The summed E-state index contributed by atoms with van der Waals surface area (Å²) in [5.41, 5.74) is 4.65. The first-order valence-electron chi connectivity index (χ1n) is 4.71. The van der Waals surface area contributed by atoms with Gasteiger partial charge < -0.3 is 16.2 Å². The predicted molar refractivity (Wildman–Crippen MR) is 57.3 cm³/mol. The Morgan fingerprint density at radius 2 is 2.47 bits per heavy atom. The van der Waals surface area contributed by atoms with Gasteiger partial charge in [-0.1, -0.05) is 11.3 Å². The minimum atomic E-state index is -0.845. The highest BCUT2D eigenvalue weighted by Crippen LogP contribution is 2.43. The Morgan fingerprint density at radius 1 is 1.80 bits per heavy atom. The van der Waals surface area contributed by atoms with E-state index in [9.17, 15) is 9.90 Å². The van der Waals surface area contributed by atoms with Crippen LogP contribution in [0.25, 0.3) is 0 Å². The molecule has 82 valence electrons. The van der Waals surface area contributed by atoms with Crippen LogP contribution in [0.5, 0.6) is 0 Å². The number of hydrogen-bond donors (Lipinski definition) is 3. The van der Waals surface area contributed by atoms with Crippen LogP contribution in [-0.2, 0) is 10.4 Å². The Morgan fingerprint density at radius 3 is 2.93 bits per heavy atom. The number of nitrogens with two attached hydrogens (primary N) is 1. The molecule has 4 N–H and O–H groups in total.